The van der Waals surface area contributed by atoms with Crippen LogP contribution in [0.3, 0.4) is 0 Å². The molecule has 1 aliphatic heterocycles. The Kier molecular flexibility index (Phi) is 4.18. The maximum atomic E-state index is 12.7. The number of Topliss-reactive ketones (excluding diaryl/α,β-unsaturated/α-hetero) is 1. The van der Waals surface area contributed by atoms with Gasteiger partial charge in [-0.1, -0.05) is 42.8 Å². The van der Waals surface area contributed by atoms with Crippen molar-refractivity contribution in [3.8, 4) is 0 Å². The fourth-order valence-corrected chi connectivity index (χ4v) is 3.48. The predicted molar refractivity (Wildman–Crippen MR) is 98.0 cm³/mol. The lowest BCUT2D eigenvalue weighted by atomic mass is 10.0. The molecule has 0 atom stereocenters. The Hall–Kier alpha value is -2.75. The average Bonchev–Trinajstić information content (AvgIpc) is 2.88. The van der Waals surface area contributed by atoms with Crippen LogP contribution in [0.5, 0.6) is 0 Å². The van der Waals surface area contributed by atoms with E-state index < -0.39 is 0 Å². The molecule has 0 amide bonds. The molecule has 0 spiro atoms. The highest BCUT2D eigenvalue weighted by atomic mass is 16.1. The summed E-state index contributed by atoms with van der Waals surface area (Å²) in [6, 6.07) is 15.0. The summed E-state index contributed by atoms with van der Waals surface area (Å²) in [5, 5.41) is 0.599. The summed E-state index contributed by atoms with van der Waals surface area (Å²) in [4.78, 5) is 30.0. The molecule has 1 aliphatic rings. The minimum Gasteiger partial charge on any atom is -0.296 e. The van der Waals surface area contributed by atoms with Gasteiger partial charge >= 0.3 is 0 Å². The summed E-state index contributed by atoms with van der Waals surface area (Å²) in [5.74, 6) is 0.896. The highest BCUT2D eigenvalue weighted by Crippen LogP contribution is 2.17. The molecule has 0 aliphatic carbocycles. The molecule has 0 bridgehead atoms. The van der Waals surface area contributed by atoms with Crippen molar-refractivity contribution in [2.45, 2.75) is 38.6 Å². The van der Waals surface area contributed by atoms with E-state index in [0.29, 0.717) is 22.9 Å². The number of carbonyl (C=O) groups excluding carboxylic acids is 1. The van der Waals surface area contributed by atoms with Gasteiger partial charge in [0.25, 0.3) is 5.56 Å². The lowest BCUT2D eigenvalue weighted by Crippen LogP contribution is -2.24. The van der Waals surface area contributed by atoms with Gasteiger partial charge in [0.2, 0.25) is 0 Å². The Labute approximate surface area is 146 Å². The van der Waals surface area contributed by atoms with Crippen molar-refractivity contribution in [2.75, 3.05) is 0 Å². The van der Waals surface area contributed by atoms with Crippen molar-refractivity contribution < 1.29 is 4.79 Å². The number of nitrogens with zero attached hydrogens (tertiary/aromatic N) is 2. The van der Waals surface area contributed by atoms with E-state index in [4.69, 9.17) is 4.98 Å². The lowest BCUT2D eigenvalue weighted by Gasteiger charge is -2.10. The van der Waals surface area contributed by atoms with Crippen molar-refractivity contribution in [1.29, 1.82) is 0 Å². The predicted octanol–water partition coefficient (Wildman–Crippen LogP) is 3.55. The van der Waals surface area contributed by atoms with E-state index >= 15 is 0 Å². The number of aryl methyl sites for hydroxylation is 1. The minimum atomic E-state index is 0.0176. The van der Waals surface area contributed by atoms with Crippen LogP contribution >= 0.6 is 0 Å². The number of hydrogen-bond acceptors (Lipinski definition) is 3. The second kappa shape index (κ2) is 6.63. The smallest absolute Gasteiger partial charge is 0.261 e. The van der Waals surface area contributed by atoms with Crippen LogP contribution in [0.2, 0.25) is 0 Å². The number of carbonyl (C=O) groups is 1. The first-order chi connectivity index (χ1) is 12.2. The van der Waals surface area contributed by atoms with Gasteiger partial charge in [-0.2, -0.15) is 0 Å². The highest BCUT2D eigenvalue weighted by Gasteiger charge is 2.15. The van der Waals surface area contributed by atoms with Crippen molar-refractivity contribution >= 4 is 16.7 Å². The topological polar surface area (TPSA) is 52.0 Å². The van der Waals surface area contributed by atoms with E-state index in [-0.39, 0.29) is 11.3 Å². The molecular weight excluding hydrogens is 312 g/mol. The summed E-state index contributed by atoms with van der Waals surface area (Å²) >= 11 is 0. The van der Waals surface area contributed by atoms with Crippen LogP contribution in [-0.2, 0) is 19.4 Å². The number of aromatic nitrogens is 2. The van der Waals surface area contributed by atoms with Crippen LogP contribution in [-0.4, -0.2) is 15.3 Å². The Morgan fingerprint density at radius 3 is 2.72 bits per heavy atom. The third-order valence-electron chi connectivity index (χ3n) is 4.85. The second-order valence-corrected chi connectivity index (χ2v) is 6.61. The first-order valence-corrected chi connectivity index (χ1v) is 8.83. The normalized spacial score (nSPS) is 14.1. The molecule has 126 valence electrons. The fourth-order valence-electron chi connectivity index (χ4n) is 3.48. The van der Waals surface area contributed by atoms with Crippen LogP contribution < -0.4 is 5.56 Å². The second-order valence-electron chi connectivity index (χ2n) is 6.61. The molecule has 0 unspecified atom stereocenters. The quantitative estimate of drug-likeness (QED) is 0.689. The maximum absolute atomic E-state index is 12.7. The number of hydrogen-bond donors (Lipinski definition) is 0. The van der Waals surface area contributed by atoms with E-state index in [1.54, 1.807) is 22.8 Å². The van der Waals surface area contributed by atoms with Gasteiger partial charge in [0.05, 0.1) is 10.9 Å². The van der Waals surface area contributed by atoms with Crippen molar-refractivity contribution in [2.24, 2.45) is 0 Å². The Morgan fingerprint density at radius 2 is 1.88 bits per heavy atom. The van der Waals surface area contributed by atoms with Gasteiger partial charge in [0, 0.05) is 24.9 Å². The lowest BCUT2D eigenvalue weighted by molar-refractivity contribution is 0.0993. The van der Waals surface area contributed by atoms with Crippen LogP contribution in [0, 0.1) is 0 Å². The van der Waals surface area contributed by atoms with E-state index in [9.17, 15) is 9.59 Å². The first-order valence-electron chi connectivity index (χ1n) is 8.83. The summed E-state index contributed by atoms with van der Waals surface area (Å²) in [6.07, 6.45) is 4.39. The number of rotatable bonds is 3. The van der Waals surface area contributed by atoms with Gasteiger partial charge in [0.1, 0.15) is 5.82 Å². The SMILES string of the molecule is O=C(Cc1ccccc1)c1ccc2c(=O)n3c(nc2c1)CCCCC3. The zero-order valence-electron chi connectivity index (χ0n) is 14.1. The van der Waals surface area contributed by atoms with Gasteiger partial charge in [-0.3, -0.25) is 14.2 Å². The molecule has 4 nitrogen and oxygen atoms in total. The molecule has 0 fully saturated rings. The molecule has 0 N–H and O–H groups in total. The molecule has 4 heteroatoms. The van der Waals surface area contributed by atoms with E-state index in [0.717, 1.165) is 43.6 Å². The van der Waals surface area contributed by atoms with Gasteiger partial charge < -0.3 is 0 Å². The number of fused-ring (bicyclic) bond motifs is 2. The van der Waals surface area contributed by atoms with E-state index in [1.807, 2.05) is 30.3 Å². The monoisotopic (exact) mass is 332 g/mol. The summed E-state index contributed by atoms with van der Waals surface area (Å²) in [7, 11) is 0. The highest BCUT2D eigenvalue weighted by molar-refractivity contribution is 6.00. The van der Waals surface area contributed by atoms with E-state index in [2.05, 4.69) is 0 Å². The molecule has 0 radical (unpaired) electrons. The van der Waals surface area contributed by atoms with Gasteiger partial charge in [0.15, 0.2) is 5.78 Å². The first kappa shape index (κ1) is 15.8. The molecule has 3 aromatic rings. The van der Waals surface area contributed by atoms with Crippen molar-refractivity contribution in [1.82, 2.24) is 9.55 Å². The van der Waals surface area contributed by atoms with E-state index in [1.165, 1.54) is 0 Å². The molecule has 1 aromatic heterocycles. The Balaban J connectivity index is 1.72. The zero-order chi connectivity index (χ0) is 17.2. The van der Waals surface area contributed by atoms with Crippen LogP contribution in [0.4, 0.5) is 0 Å². The molecule has 4 rings (SSSR count). The molecular formula is C21H20N2O2. The largest absolute Gasteiger partial charge is 0.296 e. The van der Waals surface area contributed by atoms with Gasteiger partial charge in [-0.25, -0.2) is 4.98 Å². The fraction of sp³-hybridized carbons (Fsp3) is 0.286. The molecule has 0 saturated heterocycles. The summed E-state index contributed by atoms with van der Waals surface area (Å²) < 4.78 is 1.81. The summed E-state index contributed by atoms with van der Waals surface area (Å²) in [5.41, 5.74) is 2.25. The van der Waals surface area contributed by atoms with Gasteiger partial charge in [-0.05, 0) is 30.5 Å². The van der Waals surface area contributed by atoms with Crippen molar-refractivity contribution in [3.05, 3.63) is 75.8 Å². The molecule has 2 aromatic carbocycles. The zero-order valence-corrected chi connectivity index (χ0v) is 14.1. The number of benzene rings is 2. The molecule has 25 heavy (non-hydrogen) atoms. The standard InChI is InChI=1S/C21H20N2O2/c24-19(13-15-7-3-1-4-8-15)16-10-11-17-18(14-16)22-20-9-5-2-6-12-23(20)21(17)25/h1,3-4,7-8,10-11,14H,2,5-6,9,12-13H2. The van der Waals surface area contributed by atoms with Crippen LogP contribution in [0.15, 0.2) is 53.3 Å². The third kappa shape index (κ3) is 3.12. The average molecular weight is 332 g/mol. The molecule has 2 heterocycles. The third-order valence-corrected chi connectivity index (χ3v) is 4.85. The summed E-state index contributed by atoms with van der Waals surface area (Å²) in [6.45, 7) is 0.742. The Morgan fingerprint density at radius 1 is 1.04 bits per heavy atom. The Bertz CT molecular complexity index is 990. The van der Waals surface area contributed by atoms with Crippen molar-refractivity contribution in [3.63, 3.8) is 0 Å². The maximum Gasteiger partial charge on any atom is 0.261 e. The van der Waals surface area contributed by atoms with Crippen LogP contribution in [0.25, 0.3) is 10.9 Å². The molecule has 0 saturated carbocycles. The van der Waals surface area contributed by atoms with Crippen LogP contribution in [0.1, 0.15) is 41.0 Å². The minimum absolute atomic E-state index is 0.0176. The number of ketones is 1. The van der Waals surface area contributed by atoms with Gasteiger partial charge in [-0.15, -0.1) is 0 Å².